The van der Waals surface area contributed by atoms with E-state index in [2.05, 4.69) is 62.6 Å². The summed E-state index contributed by atoms with van der Waals surface area (Å²) in [5.74, 6) is 0.301. The molecule has 25 heavy (non-hydrogen) atoms. The van der Waals surface area contributed by atoms with Gasteiger partial charge in [0, 0.05) is 26.0 Å². The molecule has 1 aliphatic heterocycles. The number of hydrogen-bond donors (Lipinski definition) is 1. The number of halogens is 3. The van der Waals surface area contributed by atoms with Gasteiger partial charge in [-0.05, 0) is 83.8 Å². The van der Waals surface area contributed by atoms with Gasteiger partial charge in [-0.3, -0.25) is 0 Å². The SMILES string of the molecule is CC(C)N1CCC(C)(c2cnn(-c3c(Br)cc(F)cc3Br)c2N)CC1. The predicted molar refractivity (Wildman–Crippen MR) is 107 cm³/mol. The normalized spacial score (nSPS) is 18.0. The minimum atomic E-state index is -0.318. The van der Waals surface area contributed by atoms with Gasteiger partial charge in [-0.1, -0.05) is 6.92 Å². The molecule has 0 aliphatic carbocycles. The smallest absolute Gasteiger partial charge is 0.131 e. The van der Waals surface area contributed by atoms with Gasteiger partial charge in [-0.15, -0.1) is 0 Å². The Morgan fingerprint density at radius 2 is 1.76 bits per heavy atom. The highest BCUT2D eigenvalue weighted by Gasteiger charge is 2.35. The van der Waals surface area contributed by atoms with E-state index in [9.17, 15) is 4.39 Å². The van der Waals surface area contributed by atoms with Crippen LogP contribution in [-0.2, 0) is 5.41 Å². The second-order valence-corrected chi connectivity index (χ2v) is 8.97. The molecule has 0 radical (unpaired) electrons. The van der Waals surface area contributed by atoms with Crippen molar-refractivity contribution in [1.82, 2.24) is 14.7 Å². The lowest BCUT2D eigenvalue weighted by Gasteiger charge is -2.41. The van der Waals surface area contributed by atoms with Gasteiger partial charge in [0.2, 0.25) is 0 Å². The molecule has 1 fully saturated rings. The van der Waals surface area contributed by atoms with Crippen molar-refractivity contribution < 1.29 is 4.39 Å². The number of nitrogens with zero attached hydrogens (tertiary/aromatic N) is 3. The Hall–Kier alpha value is -0.920. The molecule has 3 rings (SSSR count). The number of aromatic nitrogens is 2. The summed E-state index contributed by atoms with van der Waals surface area (Å²) in [4.78, 5) is 2.50. The summed E-state index contributed by atoms with van der Waals surface area (Å²) in [7, 11) is 0. The molecule has 0 bridgehead atoms. The minimum absolute atomic E-state index is 0.00665. The first-order valence-electron chi connectivity index (χ1n) is 8.46. The van der Waals surface area contributed by atoms with Crippen LogP contribution < -0.4 is 5.73 Å². The molecule has 1 aromatic carbocycles. The van der Waals surface area contributed by atoms with Crippen LogP contribution in [0.4, 0.5) is 10.2 Å². The van der Waals surface area contributed by atoms with Crippen LogP contribution in [0.2, 0.25) is 0 Å². The van der Waals surface area contributed by atoms with Crippen LogP contribution in [0.3, 0.4) is 0 Å². The first-order chi connectivity index (χ1) is 11.7. The average molecular weight is 474 g/mol. The Morgan fingerprint density at radius 3 is 2.28 bits per heavy atom. The fourth-order valence-corrected chi connectivity index (χ4v) is 5.01. The van der Waals surface area contributed by atoms with Crippen molar-refractivity contribution in [1.29, 1.82) is 0 Å². The van der Waals surface area contributed by atoms with Gasteiger partial charge in [-0.25, -0.2) is 9.07 Å². The zero-order chi connectivity index (χ0) is 18.4. The highest BCUT2D eigenvalue weighted by atomic mass is 79.9. The van der Waals surface area contributed by atoms with E-state index in [0.29, 0.717) is 26.5 Å². The van der Waals surface area contributed by atoms with Crippen molar-refractivity contribution in [3.63, 3.8) is 0 Å². The second kappa shape index (κ2) is 7.00. The third kappa shape index (κ3) is 3.51. The van der Waals surface area contributed by atoms with E-state index >= 15 is 0 Å². The molecule has 2 heterocycles. The van der Waals surface area contributed by atoms with Crippen LogP contribution >= 0.6 is 31.9 Å². The standard InChI is InChI=1S/C18H23Br2FN4/c1-11(2)24-6-4-18(3,5-7-24)13-10-23-25(17(13)22)16-14(19)8-12(21)9-15(16)20/h8-11H,4-7,22H2,1-3H3. The third-order valence-corrected chi connectivity index (χ3v) is 6.49. The Bertz CT molecular complexity index is 756. The molecule has 1 aliphatic rings. The molecule has 7 heteroatoms. The first-order valence-corrected chi connectivity index (χ1v) is 10.0. The Morgan fingerprint density at radius 1 is 1.20 bits per heavy atom. The fraction of sp³-hybridized carbons (Fsp3) is 0.500. The first kappa shape index (κ1) is 18.9. The molecule has 1 aromatic heterocycles. The van der Waals surface area contributed by atoms with Crippen molar-refractivity contribution in [3.05, 3.63) is 38.7 Å². The molecular weight excluding hydrogens is 451 g/mol. The highest BCUT2D eigenvalue weighted by molar-refractivity contribution is 9.11. The summed E-state index contributed by atoms with van der Waals surface area (Å²) in [6.07, 6.45) is 3.96. The molecule has 2 N–H and O–H groups in total. The Kier molecular flexibility index (Phi) is 5.28. The zero-order valence-corrected chi connectivity index (χ0v) is 17.9. The number of nitrogen functional groups attached to an aromatic ring is 1. The van der Waals surface area contributed by atoms with Crippen LogP contribution in [0.1, 0.15) is 39.2 Å². The summed E-state index contributed by atoms with van der Waals surface area (Å²) >= 11 is 6.84. The summed E-state index contributed by atoms with van der Waals surface area (Å²) < 4.78 is 16.5. The number of hydrogen-bond acceptors (Lipinski definition) is 3. The van der Waals surface area contributed by atoms with Crippen LogP contribution in [0.25, 0.3) is 5.69 Å². The monoisotopic (exact) mass is 472 g/mol. The minimum Gasteiger partial charge on any atom is -0.383 e. The van der Waals surface area contributed by atoms with E-state index in [1.54, 1.807) is 4.68 Å². The Balaban J connectivity index is 1.95. The van der Waals surface area contributed by atoms with Crippen LogP contribution in [-0.4, -0.2) is 33.8 Å². The van der Waals surface area contributed by atoms with Gasteiger partial charge in [0.25, 0.3) is 0 Å². The van der Waals surface area contributed by atoms with Gasteiger partial charge >= 0.3 is 0 Å². The van der Waals surface area contributed by atoms with Crippen molar-refractivity contribution in [2.45, 2.75) is 45.1 Å². The summed E-state index contributed by atoms with van der Waals surface area (Å²) in [5, 5.41) is 4.51. The lowest BCUT2D eigenvalue weighted by atomic mass is 9.75. The maximum absolute atomic E-state index is 13.6. The fourth-order valence-electron chi connectivity index (χ4n) is 3.54. The number of nitrogens with two attached hydrogens (primary N) is 1. The number of likely N-dealkylation sites (tertiary alicyclic amines) is 1. The molecule has 136 valence electrons. The summed E-state index contributed by atoms with van der Waals surface area (Å²) in [6, 6.07) is 3.41. The van der Waals surface area contributed by atoms with Gasteiger partial charge in [0.05, 0.1) is 11.9 Å². The lowest BCUT2D eigenvalue weighted by molar-refractivity contribution is 0.137. The van der Waals surface area contributed by atoms with Crippen LogP contribution in [0.15, 0.2) is 27.3 Å². The molecule has 1 saturated heterocycles. The maximum atomic E-state index is 13.6. The molecule has 0 amide bonds. The Labute approximate surface area is 164 Å². The quantitative estimate of drug-likeness (QED) is 0.690. The van der Waals surface area contributed by atoms with Gasteiger partial charge in [0.15, 0.2) is 0 Å². The van der Waals surface area contributed by atoms with Crippen molar-refractivity contribution in [3.8, 4) is 5.69 Å². The summed E-state index contributed by atoms with van der Waals surface area (Å²) in [6.45, 7) is 8.85. The van der Waals surface area contributed by atoms with E-state index in [1.165, 1.54) is 12.1 Å². The molecule has 2 aromatic rings. The van der Waals surface area contributed by atoms with E-state index < -0.39 is 0 Å². The third-order valence-electron chi connectivity index (χ3n) is 5.28. The number of rotatable bonds is 3. The average Bonchev–Trinajstić information content (AvgIpc) is 2.89. The number of anilines is 1. The summed E-state index contributed by atoms with van der Waals surface area (Å²) in [5.41, 5.74) is 8.26. The largest absolute Gasteiger partial charge is 0.383 e. The van der Waals surface area contributed by atoms with E-state index in [-0.39, 0.29) is 11.2 Å². The molecule has 4 nitrogen and oxygen atoms in total. The van der Waals surface area contributed by atoms with Crippen molar-refractivity contribution >= 4 is 37.7 Å². The topological polar surface area (TPSA) is 47.1 Å². The van der Waals surface area contributed by atoms with Crippen LogP contribution in [0.5, 0.6) is 0 Å². The lowest BCUT2D eigenvalue weighted by Crippen LogP contribution is -2.44. The van der Waals surface area contributed by atoms with E-state index in [1.807, 2.05) is 6.20 Å². The second-order valence-electron chi connectivity index (χ2n) is 7.26. The molecule has 0 spiro atoms. The number of piperidine rings is 1. The highest BCUT2D eigenvalue weighted by Crippen LogP contribution is 2.40. The van der Waals surface area contributed by atoms with E-state index in [4.69, 9.17) is 5.73 Å². The predicted octanol–water partition coefficient (Wildman–Crippen LogP) is 4.88. The van der Waals surface area contributed by atoms with Crippen molar-refractivity contribution in [2.75, 3.05) is 18.8 Å². The molecule has 0 unspecified atom stereocenters. The zero-order valence-electron chi connectivity index (χ0n) is 14.7. The molecule has 0 atom stereocenters. The number of benzene rings is 1. The van der Waals surface area contributed by atoms with Crippen molar-refractivity contribution in [2.24, 2.45) is 0 Å². The van der Waals surface area contributed by atoms with E-state index in [0.717, 1.165) is 31.5 Å². The maximum Gasteiger partial charge on any atom is 0.131 e. The van der Waals surface area contributed by atoms with Crippen LogP contribution in [0, 0.1) is 5.82 Å². The molecular formula is C18H23Br2FN4. The van der Waals surface area contributed by atoms with Gasteiger partial charge in [0.1, 0.15) is 11.6 Å². The van der Waals surface area contributed by atoms with Gasteiger partial charge < -0.3 is 10.6 Å². The van der Waals surface area contributed by atoms with Gasteiger partial charge in [-0.2, -0.15) is 5.10 Å². The molecule has 0 saturated carbocycles.